The molecule has 3 aromatic heterocycles. The maximum absolute atomic E-state index is 4.33. The van der Waals surface area contributed by atoms with Gasteiger partial charge in [0.25, 0.3) is 0 Å². The van der Waals surface area contributed by atoms with E-state index in [1.807, 2.05) is 50.8 Å². The zero-order valence-electron chi connectivity index (χ0n) is 9.38. The molecule has 0 fully saturated rings. The first-order chi connectivity index (χ1) is 8.32. The molecule has 0 bridgehead atoms. The lowest BCUT2D eigenvalue weighted by atomic mass is 10.6. The van der Waals surface area contributed by atoms with Gasteiger partial charge in [-0.05, 0) is 18.2 Å². The van der Waals surface area contributed by atoms with Crippen molar-refractivity contribution < 1.29 is 0 Å². The molecular formula is C10H12N6Si. The average molecular weight is 244 g/mol. The Balaban J connectivity index is 2.21. The van der Waals surface area contributed by atoms with Gasteiger partial charge in [0, 0.05) is 37.2 Å². The van der Waals surface area contributed by atoms with Gasteiger partial charge in [0.2, 0.25) is 5.41 Å². The van der Waals surface area contributed by atoms with Crippen molar-refractivity contribution in [3.05, 3.63) is 55.4 Å². The van der Waals surface area contributed by atoms with Crippen LogP contribution >= 0.6 is 0 Å². The largest absolute Gasteiger partial charge is 0.230 e. The number of rotatable bonds is 3. The van der Waals surface area contributed by atoms with E-state index < -0.39 is 5.41 Å². The molecule has 0 saturated heterocycles. The van der Waals surface area contributed by atoms with E-state index in [1.54, 1.807) is 18.6 Å². The van der Waals surface area contributed by atoms with Gasteiger partial charge in [0.15, 0.2) is 0 Å². The highest BCUT2D eigenvalue weighted by Crippen LogP contribution is 2.15. The Kier molecular flexibility index (Phi) is 2.18. The number of nitrogens with zero attached hydrogens (tertiary/aromatic N) is 6. The minimum absolute atomic E-state index is 0.476. The fourth-order valence-corrected chi connectivity index (χ4v) is 2.67. The monoisotopic (exact) mass is 244 g/mol. The van der Waals surface area contributed by atoms with Crippen molar-refractivity contribution in [3.63, 3.8) is 0 Å². The second-order valence-corrected chi connectivity index (χ2v) is 5.16. The lowest BCUT2D eigenvalue weighted by molar-refractivity contribution is 0.225. The van der Waals surface area contributed by atoms with Gasteiger partial charge in [-0.1, -0.05) is 0 Å². The van der Waals surface area contributed by atoms with Crippen LogP contribution in [-0.2, 0) is 5.41 Å². The average Bonchev–Trinajstić information content (AvgIpc) is 3.10. The van der Waals surface area contributed by atoms with E-state index in [-0.39, 0.29) is 0 Å². The summed E-state index contributed by atoms with van der Waals surface area (Å²) in [5.41, 5.74) is -0.476. The molecule has 17 heavy (non-hydrogen) atoms. The van der Waals surface area contributed by atoms with Gasteiger partial charge >= 0.3 is 0 Å². The van der Waals surface area contributed by atoms with Crippen molar-refractivity contribution in [2.45, 2.75) is 5.41 Å². The van der Waals surface area contributed by atoms with Crippen LogP contribution in [0.25, 0.3) is 0 Å². The molecule has 0 spiro atoms. The highest BCUT2D eigenvalue weighted by atomic mass is 28.1. The summed E-state index contributed by atoms with van der Waals surface area (Å²) in [5, 5.41) is 13.0. The topological polar surface area (TPSA) is 53.5 Å². The minimum atomic E-state index is -0.476. The van der Waals surface area contributed by atoms with E-state index >= 15 is 0 Å². The summed E-state index contributed by atoms with van der Waals surface area (Å²) >= 11 is 0. The van der Waals surface area contributed by atoms with Crippen LogP contribution in [0.5, 0.6) is 0 Å². The standard InChI is InChI=1S/C10H12N6Si/c17-10(14-7-1-4-11-14,15-8-2-5-12-15)16-9-3-6-13-16/h1-9H,17H3. The van der Waals surface area contributed by atoms with E-state index in [9.17, 15) is 0 Å². The van der Waals surface area contributed by atoms with Gasteiger partial charge in [-0.2, -0.15) is 15.3 Å². The zero-order valence-corrected chi connectivity index (χ0v) is 11.4. The number of hydrogen-bond acceptors (Lipinski definition) is 3. The van der Waals surface area contributed by atoms with Crippen molar-refractivity contribution in [1.29, 1.82) is 0 Å². The van der Waals surface area contributed by atoms with Crippen LogP contribution in [0.3, 0.4) is 0 Å². The van der Waals surface area contributed by atoms with Gasteiger partial charge in [-0.25, -0.2) is 14.0 Å². The lowest BCUT2D eigenvalue weighted by Crippen LogP contribution is -2.49. The summed E-state index contributed by atoms with van der Waals surface area (Å²) in [7, 11) is 0.779. The van der Waals surface area contributed by atoms with Crippen molar-refractivity contribution in [2.75, 3.05) is 0 Å². The summed E-state index contributed by atoms with van der Waals surface area (Å²) in [6.07, 6.45) is 11.1. The van der Waals surface area contributed by atoms with E-state index in [0.29, 0.717) is 0 Å². The van der Waals surface area contributed by atoms with E-state index in [1.165, 1.54) is 0 Å². The Bertz CT molecular complexity index is 484. The quantitative estimate of drug-likeness (QED) is 0.573. The predicted molar refractivity (Wildman–Crippen MR) is 65.4 cm³/mol. The van der Waals surface area contributed by atoms with Crippen molar-refractivity contribution in [3.8, 4) is 0 Å². The molecule has 0 aliphatic rings. The van der Waals surface area contributed by atoms with Crippen LogP contribution < -0.4 is 0 Å². The summed E-state index contributed by atoms with van der Waals surface area (Å²) in [4.78, 5) is 0. The minimum Gasteiger partial charge on any atom is -0.230 e. The van der Waals surface area contributed by atoms with Gasteiger partial charge in [0.1, 0.15) is 0 Å². The van der Waals surface area contributed by atoms with Crippen molar-refractivity contribution in [1.82, 2.24) is 29.3 Å². The van der Waals surface area contributed by atoms with Crippen molar-refractivity contribution in [2.24, 2.45) is 0 Å². The van der Waals surface area contributed by atoms with E-state index in [0.717, 1.165) is 10.2 Å². The Labute approximate surface area is 101 Å². The second kappa shape index (κ2) is 3.70. The molecule has 3 aromatic rings. The van der Waals surface area contributed by atoms with E-state index in [2.05, 4.69) is 15.3 Å². The first kappa shape index (κ1) is 10.0. The molecule has 0 N–H and O–H groups in total. The van der Waals surface area contributed by atoms with Gasteiger partial charge in [-0.15, -0.1) is 0 Å². The fraction of sp³-hybridized carbons (Fsp3) is 0.100. The molecule has 3 heterocycles. The van der Waals surface area contributed by atoms with E-state index in [4.69, 9.17) is 0 Å². The molecule has 0 aliphatic heterocycles. The van der Waals surface area contributed by atoms with Crippen LogP contribution in [-0.4, -0.2) is 39.6 Å². The SMILES string of the molecule is [SiH3]C(n1cccn1)(n1cccn1)n1cccn1. The molecular weight excluding hydrogens is 232 g/mol. The molecule has 86 valence electrons. The summed E-state index contributed by atoms with van der Waals surface area (Å²) in [6, 6.07) is 5.71. The maximum Gasteiger partial charge on any atom is 0.217 e. The third-order valence-electron chi connectivity index (χ3n) is 2.82. The molecule has 7 heteroatoms. The van der Waals surface area contributed by atoms with Crippen LogP contribution in [0.15, 0.2) is 55.4 Å². The van der Waals surface area contributed by atoms with Crippen LogP contribution in [0, 0.1) is 0 Å². The molecule has 6 nitrogen and oxygen atoms in total. The van der Waals surface area contributed by atoms with Gasteiger partial charge < -0.3 is 0 Å². The fourth-order valence-electron chi connectivity index (χ4n) is 1.87. The Hall–Kier alpha value is -2.15. The molecule has 0 amide bonds. The highest BCUT2D eigenvalue weighted by molar-refractivity contribution is 6.13. The Morgan fingerprint density at radius 1 is 0.706 bits per heavy atom. The second-order valence-electron chi connectivity index (χ2n) is 3.82. The first-order valence-corrected chi connectivity index (χ1v) is 6.32. The number of hydrogen-bond donors (Lipinski definition) is 0. The summed E-state index contributed by atoms with van der Waals surface area (Å²) < 4.78 is 5.62. The normalized spacial score (nSPS) is 12.0. The highest BCUT2D eigenvalue weighted by Gasteiger charge is 2.31. The van der Waals surface area contributed by atoms with Gasteiger partial charge in [0.05, 0.1) is 10.2 Å². The maximum atomic E-state index is 4.33. The van der Waals surface area contributed by atoms with Crippen LogP contribution in [0.2, 0.25) is 0 Å². The smallest absolute Gasteiger partial charge is 0.217 e. The summed E-state index contributed by atoms with van der Waals surface area (Å²) in [6.45, 7) is 0. The third kappa shape index (κ3) is 1.43. The molecule has 3 rings (SSSR count). The molecule has 0 aliphatic carbocycles. The Morgan fingerprint density at radius 2 is 1.06 bits per heavy atom. The third-order valence-corrected chi connectivity index (χ3v) is 4.19. The van der Waals surface area contributed by atoms with Crippen molar-refractivity contribution >= 4 is 10.2 Å². The molecule has 0 radical (unpaired) electrons. The lowest BCUT2D eigenvalue weighted by Gasteiger charge is -2.31. The molecule has 0 saturated carbocycles. The number of aromatic nitrogens is 6. The van der Waals surface area contributed by atoms with Crippen LogP contribution in [0.4, 0.5) is 0 Å². The zero-order chi connectivity index (χ0) is 11.7. The van der Waals surface area contributed by atoms with Gasteiger partial charge in [-0.3, -0.25) is 0 Å². The Morgan fingerprint density at radius 3 is 1.29 bits per heavy atom. The van der Waals surface area contributed by atoms with Crippen LogP contribution in [0.1, 0.15) is 0 Å². The molecule has 0 unspecified atom stereocenters. The predicted octanol–water partition coefficient (Wildman–Crippen LogP) is -0.694. The first-order valence-electron chi connectivity index (χ1n) is 5.32. The summed E-state index contributed by atoms with van der Waals surface area (Å²) in [5.74, 6) is 0. The molecule has 0 aromatic carbocycles. The molecule has 0 atom stereocenters.